The summed E-state index contributed by atoms with van der Waals surface area (Å²) in [4.78, 5) is 11.9. The van der Waals surface area contributed by atoms with Crippen molar-refractivity contribution in [2.24, 2.45) is 7.05 Å². The van der Waals surface area contributed by atoms with Crippen LogP contribution < -0.4 is 5.32 Å². The molecule has 0 fully saturated rings. The number of hydrogen-bond donors (Lipinski definition) is 1. The number of nitrogens with zero attached hydrogens (tertiary/aromatic N) is 2. The molecule has 1 heterocycles. The fourth-order valence-electron chi connectivity index (χ4n) is 1.41. The second-order valence-electron chi connectivity index (χ2n) is 4.18. The summed E-state index contributed by atoms with van der Waals surface area (Å²) in [5.74, 6) is -0.106. The summed E-state index contributed by atoms with van der Waals surface area (Å²) in [6, 6.07) is 1.72. The zero-order valence-electron chi connectivity index (χ0n) is 9.96. The molecule has 0 aromatic carbocycles. The fourth-order valence-corrected chi connectivity index (χ4v) is 2.29. The van der Waals surface area contributed by atoms with Crippen LogP contribution in [0.3, 0.4) is 0 Å². The van der Waals surface area contributed by atoms with Gasteiger partial charge in [-0.1, -0.05) is 22.9 Å². The molecule has 4 nitrogen and oxygen atoms in total. The molecule has 1 atom stereocenters. The van der Waals surface area contributed by atoms with Gasteiger partial charge in [-0.2, -0.15) is 5.10 Å². The predicted molar refractivity (Wildman–Crippen MR) is 67.8 cm³/mol. The third-order valence-electron chi connectivity index (χ3n) is 2.79. The van der Waals surface area contributed by atoms with Crippen molar-refractivity contribution < 1.29 is 4.79 Å². The molecule has 0 aliphatic carbocycles. The molecule has 1 N–H and O–H groups in total. The van der Waals surface area contributed by atoms with Gasteiger partial charge >= 0.3 is 0 Å². The minimum Gasteiger partial charge on any atom is -0.345 e. The normalized spacial score (nSPS) is 14.5. The molecule has 0 aliphatic rings. The Balaban J connectivity index is 2.69. The molecule has 0 bridgehead atoms. The van der Waals surface area contributed by atoms with Gasteiger partial charge in [-0.25, -0.2) is 0 Å². The van der Waals surface area contributed by atoms with E-state index in [-0.39, 0.29) is 11.4 Å². The van der Waals surface area contributed by atoms with Gasteiger partial charge in [0.15, 0.2) is 0 Å². The lowest BCUT2D eigenvalue weighted by molar-refractivity contribution is 0.0896. The first-order valence-corrected chi connectivity index (χ1v) is 6.51. The Bertz CT molecular complexity index is 364. The molecule has 5 heteroatoms. The minimum absolute atomic E-state index is 0.106. The summed E-state index contributed by atoms with van der Waals surface area (Å²) >= 11 is 3.41. The third kappa shape index (κ3) is 3.33. The summed E-state index contributed by atoms with van der Waals surface area (Å²) in [5.41, 5.74) is 0.301. The Labute approximate surface area is 105 Å². The Morgan fingerprint density at radius 1 is 1.69 bits per heavy atom. The van der Waals surface area contributed by atoms with Crippen molar-refractivity contribution in [1.29, 1.82) is 0 Å². The maximum Gasteiger partial charge on any atom is 0.272 e. The van der Waals surface area contributed by atoms with Crippen LogP contribution in [0.5, 0.6) is 0 Å². The van der Waals surface area contributed by atoms with E-state index in [4.69, 9.17) is 0 Å². The summed E-state index contributed by atoms with van der Waals surface area (Å²) in [6.45, 7) is 4.12. The van der Waals surface area contributed by atoms with Crippen LogP contribution in [-0.4, -0.2) is 26.6 Å². The highest BCUT2D eigenvalue weighted by atomic mass is 79.9. The highest BCUT2D eigenvalue weighted by Gasteiger charge is 2.24. The van der Waals surface area contributed by atoms with Crippen LogP contribution in [0.2, 0.25) is 0 Å². The number of aryl methyl sites for hydroxylation is 1. The number of alkyl halides is 1. The molecule has 1 unspecified atom stereocenters. The largest absolute Gasteiger partial charge is 0.345 e. The van der Waals surface area contributed by atoms with Crippen molar-refractivity contribution >= 4 is 21.8 Å². The second-order valence-corrected chi connectivity index (χ2v) is 4.97. The lowest BCUT2D eigenvalue weighted by atomic mass is 9.95. The zero-order chi connectivity index (χ0) is 12.2. The number of amides is 1. The average molecular weight is 288 g/mol. The van der Waals surface area contributed by atoms with E-state index in [1.54, 1.807) is 24.0 Å². The van der Waals surface area contributed by atoms with E-state index in [0.29, 0.717) is 5.69 Å². The molecule has 1 aromatic heterocycles. The zero-order valence-corrected chi connectivity index (χ0v) is 11.5. The maximum atomic E-state index is 11.9. The molecule has 0 radical (unpaired) electrons. The highest BCUT2D eigenvalue weighted by Crippen LogP contribution is 2.16. The lowest BCUT2D eigenvalue weighted by Gasteiger charge is -2.28. The van der Waals surface area contributed by atoms with Crippen LogP contribution in [0, 0.1) is 0 Å². The quantitative estimate of drug-likeness (QED) is 0.843. The van der Waals surface area contributed by atoms with Gasteiger partial charge in [0.05, 0.1) is 0 Å². The fraction of sp³-hybridized carbons (Fsp3) is 0.636. The van der Waals surface area contributed by atoms with Crippen molar-refractivity contribution in [3.63, 3.8) is 0 Å². The Kier molecular flexibility index (Phi) is 4.53. The van der Waals surface area contributed by atoms with Crippen LogP contribution in [0.15, 0.2) is 12.3 Å². The van der Waals surface area contributed by atoms with Crippen molar-refractivity contribution in [1.82, 2.24) is 15.1 Å². The van der Waals surface area contributed by atoms with Crippen molar-refractivity contribution in [2.45, 2.75) is 32.2 Å². The smallest absolute Gasteiger partial charge is 0.272 e. The highest BCUT2D eigenvalue weighted by molar-refractivity contribution is 9.09. The number of carbonyl (C=O) groups is 1. The number of rotatable bonds is 5. The van der Waals surface area contributed by atoms with Crippen LogP contribution in [0.1, 0.15) is 37.2 Å². The Hall–Kier alpha value is -0.840. The molecule has 0 spiro atoms. The van der Waals surface area contributed by atoms with E-state index in [0.717, 1.165) is 18.2 Å². The van der Waals surface area contributed by atoms with Crippen molar-refractivity contribution in [2.75, 3.05) is 5.33 Å². The van der Waals surface area contributed by atoms with Gasteiger partial charge in [-0.05, 0) is 25.8 Å². The molecule has 0 saturated heterocycles. The van der Waals surface area contributed by atoms with Gasteiger partial charge in [0.25, 0.3) is 5.91 Å². The second kappa shape index (κ2) is 5.48. The van der Waals surface area contributed by atoms with Crippen LogP contribution in [0.4, 0.5) is 0 Å². The molecule has 90 valence electrons. The standard InChI is InChI=1S/C11H18BrN3O/c1-4-11(2,6-7-12)13-10(16)9-5-8-15(3)14-9/h5,8H,4,6-7H2,1-3H3,(H,13,16). The average Bonchev–Trinajstić information content (AvgIpc) is 2.65. The molecular formula is C11H18BrN3O. The van der Waals surface area contributed by atoms with Gasteiger partial charge < -0.3 is 5.32 Å². The van der Waals surface area contributed by atoms with E-state index < -0.39 is 0 Å². The van der Waals surface area contributed by atoms with Crippen LogP contribution in [-0.2, 0) is 7.05 Å². The van der Waals surface area contributed by atoms with Gasteiger partial charge in [-0.15, -0.1) is 0 Å². The van der Waals surface area contributed by atoms with E-state index in [1.165, 1.54) is 0 Å². The molecule has 0 aliphatic heterocycles. The van der Waals surface area contributed by atoms with E-state index in [1.807, 2.05) is 0 Å². The molecule has 0 saturated carbocycles. The summed E-state index contributed by atoms with van der Waals surface area (Å²) in [5, 5.41) is 7.99. The molecule has 16 heavy (non-hydrogen) atoms. The maximum absolute atomic E-state index is 11.9. The molecular weight excluding hydrogens is 270 g/mol. The number of carbonyl (C=O) groups excluding carboxylic acids is 1. The predicted octanol–water partition coefficient (Wildman–Crippen LogP) is 2.10. The van der Waals surface area contributed by atoms with E-state index >= 15 is 0 Å². The third-order valence-corrected chi connectivity index (χ3v) is 3.18. The van der Waals surface area contributed by atoms with Crippen molar-refractivity contribution in [3.05, 3.63) is 18.0 Å². The number of halogens is 1. The first-order chi connectivity index (χ1) is 7.50. The van der Waals surface area contributed by atoms with Gasteiger partial charge in [-0.3, -0.25) is 9.48 Å². The van der Waals surface area contributed by atoms with Crippen molar-refractivity contribution in [3.8, 4) is 0 Å². The van der Waals surface area contributed by atoms with E-state index in [2.05, 4.69) is 40.2 Å². The Morgan fingerprint density at radius 2 is 2.38 bits per heavy atom. The molecule has 1 amide bonds. The Morgan fingerprint density at radius 3 is 2.81 bits per heavy atom. The van der Waals surface area contributed by atoms with E-state index in [9.17, 15) is 4.79 Å². The first kappa shape index (κ1) is 13.2. The number of nitrogens with one attached hydrogen (secondary N) is 1. The van der Waals surface area contributed by atoms with Gasteiger partial charge in [0, 0.05) is 24.1 Å². The van der Waals surface area contributed by atoms with Gasteiger partial charge in [0.1, 0.15) is 5.69 Å². The summed E-state index contributed by atoms with van der Waals surface area (Å²) in [7, 11) is 1.80. The molecule has 1 rings (SSSR count). The topological polar surface area (TPSA) is 46.9 Å². The summed E-state index contributed by atoms with van der Waals surface area (Å²) in [6.07, 6.45) is 3.57. The van der Waals surface area contributed by atoms with Gasteiger partial charge in [0.2, 0.25) is 0 Å². The van der Waals surface area contributed by atoms with Crippen LogP contribution >= 0.6 is 15.9 Å². The number of aromatic nitrogens is 2. The lowest BCUT2D eigenvalue weighted by Crippen LogP contribution is -2.46. The molecule has 1 aromatic rings. The van der Waals surface area contributed by atoms with Crippen LogP contribution in [0.25, 0.3) is 0 Å². The SMILES string of the molecule is CCC(C)(CCBr)NC(=O)c1ccn(C)n1. The monoisotopic (exact) mass is 287 g/mol. The summed E-state index contributed by atoms with van der Waals surface area (Å²) < 4.78 is 1.63. The minimum atomic E-state index is -0.169. The first-order valence-electron chi connectivity index (χ1n) is 5.39. The number of hydrogen-bond acceptors (Lipinski definition) is 2.